The lowest BCUT2D eigenvalue weighted by atomic mass is 10.1. The van der Waals surface area contributed by atoms with Crippen molar-refractivity contribution < 1.29 is 26.5 Å². The van der Waals surface area contributed by atoms with Crippen molar-refractivity contribution in [3.63, 3.8) is 0 Å². The Labute approximate surface area is 230 Å². The van der Waals surface area contributed by atoms with Gasteiger partial charge in [-0.15, -0.1) is 0 Å². The van der Waals surface area contributed by atoms with Gasteiger partial charge in [0.2, 0.25) is 0 Å². The molecule has 0 aliphatic rings. The minimum Gasteiger partial charge on any atom is -1.00 e. The summed E-state index contributed by atoms with van der Waals surface area (Å²) < 4.78 is 10.6. The SMILES string of the molecule is COC(CCCCCCCC[P+](c1ccc(C)cc1)(c1ccc(C)cc1)c1ccc(C)cc1)OC.[Br-]. The van der Waals surface area contributed by atoms with Crippen molar-refractivity contribution in [3.05, 3.63) is 89.5 Å². The molecule has 0 radical (unpaired) electrons. The van der Waals surface area contributed by atoms with Crippen LogP contribution in [0.2, 0.25) is 0 Å². The molecule has 36 heavy (non-hydrogen) atoms. The van der Waals surface area contributed by atoms with Crippen molar-refractivity contribution in [1.29, 1.82) is 0 Å². The third kappa shape index (κ3) is 8.25. The third-order valence-corrected chi connectivity index (χ3v) is 11.7. The van der Waals surface area contributed by atoms with Gasteiger partial charge in [0.25, 0.3) is 0 Å². The van der Waals surface area contributed by atoms with Gasteiger partial charge in [0, 0.05) is 14.2 Å². The second-order valence-corrected chi connectivity index (χ2v) is 13.5. The van der Waals surface area contributed by atoms with E-state index in [0.717, 1.165) is 6.42 Å². The Bertz CT molecular complexity index is 885. The van der Waals surface area contributed by atoms with Crippen LogP contribution in [0.3, 0.4) is 0 Å². The first-order chi connectivity index (χ1) is 17.0. The molecule has 0 bridgehead atoms. The molecule has 3 aromatic carbocycles. The first kappa shape index (κ1) is 30.7. The summed E-state index contributed by atoms with van der Waals surface area (Å²) >= 11 is 0. The molecule has 0 N–H and O–H groups in total. The van der Waals surface area contributed by atoms with E-state index >= 15 is 0 Å². The largest absolute Gasteiger partial charge is 1.00 e. The molecule has 4 heteroatoms. The van der Waals surface area contributed by atoms with Crippen LogP contribution in [-0.4, -0.2) is 26.7 Å². The molecule has 0 heterocycles. The molecule has 0 saturated carbocycles. The fourth-order valence-corrected chi connectivity index (χ4v) is 9.27. The van der Waals surface area contributed by atoms with Gasteiger partial charge in [-0.2, -0.15) is 0 Å². The molecular formula is C32H44BrO2P. The van der Waals surface area contributed by atoms with E-state index in [1.54, 1.807) is 14.2 Å². The summed E-state index contributed by atoms with van der Waals surface area (Å²) in [7, 11) is 1.72. The summed E-state index contributed by atoms with van der Waals surface area (Å²) in [5, 5.41) is 4.50. The van der Waals surface area contributed by atoms with Crippen molar-refractivity contribution in [2.24, 2.45) is 0 Å². The highest BCUT2D eigenvalue weighted by atomic mass is 79.9. The summed E-state index contributed by atoms with van der Waals surface area (Å²) in [4.78, 5) is 0. The first-order valence-electron chi connectivity index (χ1n) is 13.1. The maximum Gasteiger partial charge on any atom is 0.156 e. The minimum absolute atomic E-state index is 0. The summed E-state index contributed by atoms with van der Waals surface area (Å²) in [6.45, 7) is 6.55. The van der Waals surface area contributed by atoms with Crippen LogP contribution in [0, 0.1) is 20.8 Å². The van der Waals surface area contributed by atoms with Gasteiger partial charge in [-0.25, -0.2) is 0 Å². The van der Waals surface area contributed by atoms with E-state index in [4.69, 9.17) is 9.47 Å². The molecule has 0 amide bonds. The van der Waals surface area contributed by atoms with E-state index < -0.39 is 7.26 Å². The number of hydrogen-bond donors (Lipinski definition) is 0. The molecule has 0 aliphatic heterocycles. The van der Waals surface area contributed by atoms with Gasteiger partial charge in [0.1, 0.15) is 23.2 Å². The van der Waals surface area contributed by atoms with Crippen LogP contribution in [0.4, 0.5) is 0 Å². The monoisotopic (exact) mass is 570 g/mol. The number of benzene rings is 3. The standard InChI is InChI=1S/C32H44O2P.BrH/c1-26-13-19-29(20-14-26)35(30-21-15-27(2)16-22-30,31-23-17-28(3)18-24-31)25-11-9-7-6-8-10-12-32(33-4)34-5;/h13-24,32H,6-12,25H2,1-5H3;1H/q+1;/p-1. The molecule has 0 aliphatic carbocycles. The number of rotatable bonds is 14. The lowest BCUT2D eigenvalue weighted by molar-refractivity contribution is -0.107. The Morgan fingerprint density at radius 1 is 0.528 bits per heavy atom. The highest BCUT2D eigenvalue weighted by Gasteiger charge is 2.44. The predicted octanol–water partition coefficient (Wildman–Crippen LogP) is 4.26. The highest BCUT2D eigenvalue weighted by molar-refractivity contribution is 7.95. The molecule has 0 spiro atoms. The molecular weight excluding hydrogens is 527 g/mol. The molecule has 3 rings (SSSR count). The second-order valence-electron chi connectivity index (χ2n) is 9.85. The van der Waals surface area contributed by atoms with E-state index in [1.807, 2.05) is 0 Å². The van der Waals surface area contributed by atoms with Gasteiger partial charge < -0.3 is 26.5 Å². The summed E-state index contributed by atoms with van der Waals surface area (Å²) in [6.07, 6.45) is 9.67. The minimum atomic E-state index is -1.73. The van der Waals surface area contributed by atoms with Gasteiger partial charge in [-0.3, -0.25) is 0 Å². The third-order valence-electron chi connectivity index (χ3n) is 7.13. The molecule has 0 saturated heterocycles. The fraction of sp³-hybridized carbons (Fsp3) is 0.438. The van der Waals surface area contributed by atoms with Crippen molar-refractivity contribution in [1.82, 2.24) is 0 Å². The Morgan fingerprint density at radius 2 is 0.861 bits per heavy atom. The number of ether oxygens (including phenoxy) is 2. The maximum atomic E-state index is 5.31. The Hall–Kier alpha value is -1.51. The Balaban J connectivity index is 0.00000456. The molecule has 2 nitrogen and oxygen atoms in total. The molecule has 0 fully saturated rings. The van der Waals surface area contributed by atoms with Crippen LogP contribution in [0.1, 0.15) is 61.6 Å². The van der Waals surface area contributed by atoms with Gasteiger partial charge in [0.05, 0.1) is 6.16 Å². The number of unbranched alkanes of at least 4 members (excludes halogenated alkanes) is 5. The molecule has 196 valence electrons. The average Bonchev–Trinajstić information content (AvgIpc) is 2.87. The van der Waals surface area contributed by atoms with E-state index in [-0.39, 0.29) is 23.3 Å². The molecule has 0 aromatic heterocycles. The number of halogens is 1. The molecule has 3 aromatic rings. The zero-order valence-electron chi connectivity index (χ0n) is 22.8. The molecule has 0 unspecified atom stereocenters. The topological polar surface area (TPSA) is 18.5 Å². The van der Waals surface area contributed by atoms with Crippen molar-refractivity contribution in [2.75, 3.05) is 20.4 Å². The van der Waals surface area contributed by atoms with Crippen LogP contribution in [0.5, 0.6) is 0 Å². The number of aryl methyl sites for hydroxylation is 3. The van der Waals surface area contributed by atoms with Crippen LogP contribution in [0.15, 0.2) is 72.8 Å². The van der Waals surface area contributed by atoms with Crippen LogP contribution >= 0.6 is 7.26 Å². The zero-order valence-corrected chi connectivity index (χ0v) is 25.3. The Kier molecular flexibility index (Phi) is 13.4. The number of methoxy groups -OCH3 is 2. The summed E-state index contributed by atoms with van der Waals surface area (Å²) in [5.74, 6) is 0. The van der Waals surface area contributed by atoms with Gasteiger partial charge >= 0.3 is 0 Å². The van der Waals surface area contributed by atoms with Gasteiger partial charge in [-0.1, -0.05) is 72.4 Å². The average molecular weight is 572 g/mol. The zero-order chi connectivity index (χ0) is 25.1. The second kappa shape index (κ2) is 15.7. The summed E-state index contributed by atoms with van der Waals surface area (Å²) in [6, 6.07) is 28.1. The normalized spacial score (nSPS) is 11.5. The highest BCUT2D eigenvalue weighted by Crippen LogP contribution is 2.56. The van der Waals surface area contributed by atoms with Crippen molar-refractivity contribution in [3.8, 4) is 0 Å². The Morgan fingerprint density at radius 3 is 1.22 bits per heavy atom. The lowest BCUT2D eigenvalue weighted by Crippen LogP contribution is -3.00. The van der Waals surface area contributed by atoms with Crippen molar-refractivity contribution >= 4 is 23.2 Å². The van der Waals surface area contributed by atoms with Gasteiger partial charge in [-0.05, 0) is 82.9 Å². The van der Waals surface area contributed by atoms with Crippen LogP contribution in [-0.2, 0) is 9.47 Å². The summed E-state index contributed by atoms with van der Waals surface area (Å²) in [5.41, 5.74) is 3.97. The lowest BCUT2D eigenvalue weighted by Gasteiger charge is -2.28. The number of hydrogen-bond acceptors (Lipinski definition) is 2. The van der Waals surface area contributed by atoms with Gasteiger partial charge in [0.15, 0.2) is 6.29 Å². The van der Waals surface area contributed by atoms with E-state index in [2.05, 4.69) is 93.6 Å². The van der Waals surface area contributed by atoms with Crippen LogP contribution in [0.25, 0.3) is 0 Å². The molecule has 0 atom stereocenters. The smallest absolute Gasteiger partial charge is 0.156 e. The fourth-order valence-electron chi connectivity index (χ4n) is 4.93. The van der Waals surface area contributed by atoms with E-state index in [9.17, 15) is 0 Å². The van der Waals surface area contributed by atoms with E-state index in [0.29, 0.717) is 0 Å². The quantitative estimate of drug-likeness (QED) is 0.164. The van der Waals surface area contributed by atoms with Crippen molar-refractivity contribution in [2.45, 2.75) is 72.0 Å². The van der Waals surface area contributed by atoms with Crippen LogP contribution < -0.4 is 32.9 Å². The predicted molar refractivity (Wildman–Crippen MR) is 154 cm³/mol. The first-order valence-corrected chi connectivity index (χ1v) is 15.1. The maximum absolute atomic E-state index is 5.31. The van der Waals surface area contributed by atoms with E-state index in [1.165, 1.54) is 77.3 Å².